The second-order valence-electron chi connectivity index (χ2n) is 2.62. The summed E-state index contributed by atoms with van der Waals surface area (Å²) < 4.78 is 25.0. The largest absolute Gasteiger partial charge is 0.346 e. The fourth-order valence-electron chi connectivity index (χ4n) is 0.730. The molecule has 0 saturated heterocycles. The first-order valence-corrected chi connectivity index (χ1v) is 5.69. The molecule has 0 radical (unpaired) electrons. The molecule has 0 aliphatic carbocycles. The molecule has 0 saturated carbocycles. The van der Waals surface area contributed by atoms with Crippen LogP contribution in [0.3, 0.4) is 0 Å². The minimum atomic E-state index is -3.61. The van der Waals surface area contributed by atoms with Gasteiger partial charge in [0.25, 0.3) is 0 Å². The van der Waals surface area contributed by atoms with E-state index in [-0.39, 0.29) is 6.42 Å². The van der Waals surface area contributed by atoms with E-state index in [0.717, 1.165) is 19.1 Å². The van der Waals surface area contributed by atoms with E-state index in [9.17, 15) is 13.2 Å². The molecule has 5 heteroatoms. The number of unbranched alkanes of at least 4 members (excludes halogenated alkanes) is 2. The topological polar surface area (TPSA) is 60.4 Å². The van der Waals surface area contributed by atoms with E-state index >= 15 is 0 Å². The maximum atomic E-state index is 10.7. The van der Waals surface area contributed by atoms with Crippen LogP contribution in [0.5, 0.6) is 0 Å². The molecule has 0 aromatic carbocycles. The molecule has 0 aromatic heterocycles. The van der Waals surface area contributed by atoms with Crippen LogP contribution < -0.4 is 0 Å². The van der Waals surface area contributed by atoms with E-state index in [1.54, 1.807) is 0 Å². The standard InChI is InChI=1S/C7H14O4S/c1-3-4-5-6-7(8)11-12(2,9)10/h3-6H2,1-2H3. The Kier molecular flexibility index (Phi) is 4.89. The number of hydrogen-bond donors (Lipinski definition) is 0. The highest BCUT2D eigenvalue weighted by Gasteiger charge is 2.09. The fraction of sp³-hybridized carbons (Fsp3) is 0.857. The Morgan fingerprint density at radius 1 is 1.33 bits per heavy atom. The highest BCUT2D eigenvalue weighted by atomic mass is 32.2. The van der Waals surface area contributed by atoms with Crippen molar-refractivity contribution in [3.63, 3.8) is 0 Å². The van der Waals surface area contributed by atoms with E-state index in [0.29, 0.717) is 6.42 Å². The van der Waals surface area contributed by atoms with Crippen LogP contribution in [0, 0.1) is 0 Å². The van der Waals surface area contributed by atoms with Crippen LogP contribution in [0.4, 0.5) is 0 Å². The van der Waals surface area contributed by atoms with E-state index in [1.165, 1.54) is 0 Å². The van der Waals surface area contributed by atoms with Gasteiger partial charge in [0, 0.05) is 6.42 Å². The number of carbonyl (C=O) groups excluding carboxylic acids is 1. The molecule has 0 unspecified atom stereocenters. The molecular formula is C7H14O4S. The van der Waals surface area contributed by atoms with Crippen molar-refractivity contribution in [2.24, 2.45) is 0 Å². The van der Waals surface area contributed by atoms with Crippen molar-refractivity contribution in [3.05, 3.63) is 0 Å². The molecule has 0 spiro atoms. The quantitative estimate of drug-likeness (QED) is 0.485. The normalized spacial score (nSPS) is 11.2. The predicted molar refractivity (Wildman–Crippen MR) is 45.1 cm³/mol. The van der Waals surface area contributed by atoms with Crippen molar-refractivity contribution in [1.29, 1.82) is 0 Å². The zero-order chi connectivity index (χ0) is 9.61. The summed E-state index contributed by atoms with van der Waals surface area (Å²) in [6, 6.07) is 0. The predicted octanol–water partition coefficient (Wildman–Crippen LogP) is 1.07. The molecule has 0 fully saturated rings. The van der Waals surface area contributed by atoms with E-state index in [1.807, 2.05) is 6.92 Å². The summed E-state index contributed by atoms with van der Waals surface area (Å²) in [6.07, 6.45) is 3.64. The molecule has 0 N–H and O–H groups in total. The minimum Gasteiger partial charge on any atom is -0.346 e. The molecule has 0 aromatic rings. The van der Waals surface area contributed by atoms with Gasteiger partial charge in [0.05, 0.1) is 6.26 Å². The SMILES string of the molecule is CCCCCC(=O)OS(C)(=O)=O. The van der Waals surface area contributed by atoms with Crippen LogP contribution in [0.25, 0.3) is 0 Å². The van der Waals surface area contributed by atoms with Gasteiger partial charge in [-0.15, -0.1) is 0 Å². The zero-order valence-corrected chi connectivity index (χ0v) is 8.19. The second kappa shape index (κ2) is 5.13. The Hall–Kier alpha value is -0.580. The van der Waals surface area contributed by atoms with Crippen molar-refractivity contribution in [2.45, 2.75) is 32.6 Å². The lowest BCUT2D eigenvalue weighted by Gasteiger charge is -1.99. The smallest absolute Gasteiger partial charge is 0.322 e. The molecule has 0 aliphatic rings. The maximum Gasteiger partial charge on any atom is 0.322 e. The maximum absolute atomic E-state index is 10.7. The van der Waals surface area contributed by atoms with Crippen LogP contribution in [-0.2, 0) is 19.1 Å². The van der Waals surface area contributed by atoms with E-state index < -0.39 is 16.1 Å². The molecular weight excluding hydrogens is 180 g/mol. The molecule has 0 amide bonds. The van der Waals surface area contributed by atoms with Crippen molar-refractivity contribution in [3.8, 4) is 0 Å². The Morgan fingerprint density at radius 2 is 1.92 bits per heavy atom. The highest BCUT2D eigenvalue weighted by molar-refractivity contribution is 7.86. The third-order valence-corrected chi connectivity index (χ3v) is 1.72. The lowest BCUT2D eigenvalue weighted by atomic mass is 10.2. The van der Waals surface area contributed by atoms with Crippen LogP contribution >= 0.6 is 0 Å². The summed E-state index contributed by atoms with van der Waals surface area (Å²) in [5, 5.41) is 0. The van der Waals surface area contributed by atoms with Gasteiger partial charge in [0.1, 0.15) is 0 Å². The molecule has 4 nitrogen and oxygen atoms in total. The first-order valence-electron chi connectivity index (χ1n) is 3.88. The minimum absolute atomic E-state index is 0.181. The van der Waals surface area contributed by atoms with E-state index in [4.69, 9.17) is 0 Å². The summed E-state index contributed by atoms with van der Waals surface area (Å²) in [6.45, 7) is 2.00. The molecule has 12 heavy (non-hydrogen) atoms. The van der Waals surface area contributed by atoms with Crippen LogP contribution in [0.15, 0.2) is 0 Å². The first kappa shape index (κ1) is 11.4. The average molecular weight is 194 g/mol. The number of rotatable bonds is 5. The van der Waals surface area contributed by atoms with Crippen LogP contribution in [0.1, 0.15) is 32.6 Å². The van der Waals surface area contributed by atoms with Crippen LogP contribution in [-0.4, -0.2) is 20.6 Å². The van der Waals surface area contributed by atoms with Gasteiger partial charge < -0.3 is 4.18 Å². The van der Waals surface area contributed by atoms with Gasteiger partial charge in [-0.2, -0.15) is 8.42 Å². The summed E-state index contributed by atoms with van der Waals surface area (Å²) in [5.74, 6) is -0.661. The molecule has 0 heterocycles. The van der Waals surface area contributed by atoms with Crippen molar-refractivity contribution in [2.75, 3.05) is 6.26 Å². The molecule has 0 rings (SSSR count). The third-order valence-electron chi connectivity index (χ3n) is 1.23. The Morgan fingerprint density at radius 3 is 2.33 bits per heavy atom. The molecule has 0 atom stereocenters. The summed E-state index contributed by atoms with van der Waals surface area (Å²) in [7, 11) is -3.61. The van der Waals surface area contributed by atoms with Gasteiger partial charge in [-0.05, 0) is 6.42 Å². The van der Waals surface area contributed by atoms with Gasteiger partial charge in [0.15, 0.2) is 0 Å². The lowest BCUT2D eigenvalue weighted by molar-refractivity contribution is -0.133. The van der Waals surface area contributed by atoms with Gasteiger partial charge in [-0.3, -0.25) is 4.79 Å². The van der Waals surface area contributed by atoms with Crippen molar-refractivity contribution < 1.29 is 17.4 Å². The third kappa shape index (κ3) is 7.53. The second-order valence-corrected chi connectivity index (χ2v) is 4.19. The fourth-order valence-corrected chi connectivity index (χ4v) is 1.15. The Labute approximate surface area is 73.0 Å². The summed E-state index contributed by atoms with van der Waals surface area (Å²) >= 11 is 0. The lowest BCUT2D eigenvalue weighted by Crippen LogP contribution is -2.10. The summed E-state index contributed by atoms with van der Waals surface area (Å²) in [5.41, 5.74) is 0. The van der Waals surface area contributed by atoms with Gasteiger partial charge in [-0.25, -0.2) is 0 Å². The number of carbonyl (C=O) groups is 1. The van der Waals surface area contributed by atoms with Crippen LogP contribution in [0.2, 0.25) is 0 Å². The first-order chi connectivity index (χ1) is 5.45. The monoisotopic (exact) mass is 194 g/mol. The molecule has 0 aliphatic heterocycles. The van der Waals surface area contributed by atoms with Crippen molar-refractivity contribution >= 4 is 16.1 Å². The average Bonchev–Trinajstić information content (AvgIpc) is 1.84. The highest BCUT2D eigenvalue weighted by Crippen LogP contribution is 2.01. The van der Waals surface area contributed by atoms with Gasteiger partial charge >= 0.3 is 16.1 Å². The van der Waals surface area contributed by atoms with Gasteiger partial charge in [0.2, 0.25) is 0 Å². The molecule has 0 bridgehead atoms. The van der Waals surface area contributed by atoms with Crippen molar-refractivity contribution in [1.82, 2.24) is 0 Å². The Bertz CT molecular complexity index is 230. The zero-order valence-electron chi connectivity index (χ0n) is 7.37. The number of hydrogen-bond acceptors (Lipinski definition) is 4. The Balaban J connectivity index is 3.62. The van der Waals surface area contributed by atoms with E-state index in [2.05, 4.69) is 4.18 Å². The van der Waals surface area contributed by atoms with Gasteiger partial charge in [-0.1, -0.05) is 19.8 Å². The summed E-state index contributed by atoms with van der Waals surface area (Å²) in [4.78, 5) is 10.7. The molecule has 72 valence electrons.